The van der Waals surface area contributed by atoms with Gasteiger partial charge in [-0.25, -0.2) is 0 Å². The lowest BCUT2D eigenvalue weighted by Crippen LogP contribution is -2.51. The molecule has 1 aliphatic rings. The van der Waals surface area contributed by atoms with Crippen LogP contribution in [0.4, 0.5) is 13.2 Å². The van der Waals surface area contributed by atoms with Gasteiger partial charge in [-0.15, -0.1) is 0 Å². The lowest BCUT2D eigenvalue weighted by atomic mass is 9.95. The normalized spacial score (nSPS) is 20.0. The second-order valence-electron chi connectivity index (χ2n) is 7.84. The number of nitrogens with zero attached hydrogens (tertiary/aromatic N) is 1. The first-order chi connectivity index (χ1) is 12.9. The fourth-order valence-corrected chi connectivity index (χ4v) is 4.03. The molecule has 1 N–H and O–H groups in total. The Labute approximate surface area is 162 Å². The summed E-state index contributed by atoms with van der Waals surface area (Å²) in [5.74, 6) is 0. The van der Waals surface area contributed by atoms with E-state index in [0.29, 0.717) is 6.04 Å². The van der Waals surface area contributed by atoms with Gasteiger partial charge in [-0.1, -0.05) is 64.0 Å². The van der Waals surface area contributed by atoms with Gasteiger partial charge in [-0.3, -0.25) is 4.90 Å². The Morgan fingerprint density at radius 1 is 1.04 bits per heavy atom. The van der Waals surface area contributed by atoms with Gasteiger partial charge in [0.1, 0.15) is 0 Å². The van der Waals surface area contributed by atoms with E-state index in [4.69, 9.17) is 0 Å². The van der Waals surface area contributed by atoms with Gasteiger partial charge >= 0.3 is 6.18 Å². The molecule has 0 amide bonds. The lowest BCUT2D eigenvalue weighted by molar-refractivity contribution is -0.137. The van der Waals surface area contributed by atoms with Crippen LogP contribution in [0.3, 0.4) is 0 Å². The minimum atomic E-state index is -4.27. The first kappa shape index (κ1) is 22.2. The van der Waals surface area contributed by atoms with Crippen LogP contribution in [0.5, 0.6) is 0 Å². The average Bonchev–Trinajstić information content (AvgIpc) is 2.64. The Morgan fingerprint density at radius 3 is 2.26 bits per heavy atom. The average molecular weight is 385 g/mol. The van der Waals surface area contributed by atoms with Crippen molar-refractivity contribution in [2.45, 2.75) is 83.5 Å². The third-order valence-electron chi connectivity index (χ3n) is 5.66. The largest absolute Gasteiger partial charge is 0.416 e. The molecule has 0 aliphatic carbocycles. The van der Waals surface area contributed by atoms with Crippen molar-refractivity contribution in [3.63, 3.8) is 0 Å². The lowest BCUT2D eigenvalue weighted by Gasteiger charge is -2.40. The van der Waals surface area contributed by atoms with Crippen LogP contribution in [-0.4, -0.2) is 30.6 Å². The molecule has 1 fully saturated rings. The van der Waals surface area contributed by atoms with E-state index in [-0.39, 0.29) is 6.04 Å². The standard InChI is InChI=1S/C22H35F3N2/c1-3-4-5-6-7-8-9-10-21(27-16-15-26-17-18(27)2)19-11-13-20(14-12-19)22(23,24)25/h11-14,18,21,26H,3-10,15-17H2,1-2H3/t18-,21-/m0/s1. The summed E-state index contributed by atoms with van der Waals surface area (Å²) in [4.78, 5) is 2.47. The number of halogens is 3. The van der Waals surface area contributed by atoms with Gasteiger partial charge in [0.05, 0.1) is 5.56 Å². The second kappa shape index (κ2) is 11.1. The second-order valence-corrected chi connectivity index (χ2v) is 7.84. The highest BCUT2D eigenvalue weighted by Gasteiger charge is 2.31. The van der Waals surface area contributed by atoms with Crippen LogP contribution in [0.15, 0.2) is 24.3 Å². The van der Waals surface area contributed by atoms with Crippen molar-refractivity contribution in [2.75, 3.05) is 19.6 Å². The highest BCUT2D eigenvalue weighted by Crippen LogP contribution is 2.33. The number of unbranched alkanes of at least 4 members (excludes halogenated alkanes) is 6. The molecule has 1 aliphatic heterocycles. The van der Waals surface area contributed by atoms with E-state index in [9.17, 15) is 13.2 Å². The predicted octanol–water partition coefficient (Wildman–Crippen LogP) is 6.18. The van der Waals surface area contributed by atoms with E-state index in [2.05, 4.69) is 24.1 Å². The molecule has 2 nitrogen and oxygen atoms in total. The molecule has 1 aromatic carbocycles. The molecule has 0 bridgehead atoms. The third-order valence-corrected chi connectivity index (χ3v) is 5.66. The van der Waals surface area contributed by atoms with Gasteiger partial charge in [0, 0.05) is 31.7 Å². The van der Waals surface area contributed by atoms with Gasteiger partial charge in [0.15, 0.2) is 0 Å². The smallest absolute Gasteiger partial charge is 0.314 e. The molecule has 0 spiro atoms. The number of benzene rings is 1. The van der Waals surface area contributed by atoms with E-state index >= 15 is 0 Å². The Balaban J connectivity index is 1.99. The molecule has 1 heterocycles. The first-order valence-corrected chi connectivity index (χ1v) is 10.6. The predicted molar refractivity (Wildman–Crippen MR) is 106 cm³/mol. The van der Waals surface area contributed by atoms with Crippen molar-refractivity contribution in [3.8, 4) is 0 Å². The maximum absolute atomic E-state index is 12.9. The topological polar surface area (TPSA) is 15.3 Å². The van der Waals surface area contributed by atoms with E-state index in [1.54, 1.807) is 12.1 Å². The molecule has 0 radical (unpaired) electrons. The number of hydrogen-bond donors (Lipinski definition) is 1. The fourth-order valence-electron chi connectivity index (χ4n) is 4.03. The molecule has 2 atom stereocenters. The van der Waals surface area contributed by atoms with Crippen molar-refractivity contribution in [2.24, 2.45) is 0 Å². The zero-order valence-corrected chi connectivity index (χ0v) is 16.8. The van der Waals surface area contributed by atoms with Crippen molar-refractivity contribution < 1.29 is 13.2 Å². The summed E-state index contributed by atoms with van der Waals surface area (Å²) in [5.41, 5.74) is 0.456. The van der Waals surface area contributed by atoms with Crippen LogP contribution in [-0.2, 0) is 6.18 Å². The summed E-state index contributed by atoms with van der Waals surface area (Å²) in [6.45, 7) is 7.26. The number of rotatable bonds is 10. The van der Waals surface area contributed by atoms with Gasteiger partial charge in [-0.05, 0) is 31.0 Å². The van der Waals surface area contributed by atoms with E-state index in [0.717, 1.165) is 38.0 Å². The summed E-state index contributed by atoms with van der Waals surface area (Å²) in [6.07, 6.45) is 5.53. The van der Waals surface area contributed by atoms with Crippen LogP contribution < -0.4 is 5.32 Å². The minimum absolute atomic E-state index is 0.208. The van der Waals surface area contributed by atoms with Crippen LogP contribution in [0.2, 0.25) is 0 Å². The number of alkyl halides is 3. The number of nitrogens with one attached hydrogen (secondary N) is 1. The Hall–Kier alpha value is -1.07. The molecule has 2 rings (SSSR count). The van der Waals surface area contributed by atoms with E-state index in [1.807, 2.05) is 0 Å². The zero-order chi connectivity index (χ0) is 19.7. The maximum Gasteiger partial charge on any atom is 0.416 e. The molecule has 1 aromatic rings. The fraction of sp³-hybridized carbons (Fsp3) is 0.727. The monoisotopic (exact) mass is 384 g/mol. The molecule has 27 heavy (non-hydrogen) atoms. The van der Waals surface area contributed by atoms with Crippen molar-refractivity contribution >= 4 is 0 Å². The van der Waals surface area contributed by atoms with Crippen molar-refractivity contribution in [3.05, 3.63) is 35.4 Å². The quantitative estimate of drug-likeness (QED) is 0.485. The van der Waals surface area contributed by atoms with Gasteiger partial charge in [0.2, 0.25) is 0 Å². The molecular formula is C22H35F3N2. The minimum Gasteiger partial charge on any atom is -0.314 e. The van der Waals surface area contributed by atoms with Crippen LogP contribution in [0.25, 0.3) is 0 Å². The van der Waals surface area contributed by atoms with Crippen LogP contribution >= 0.6 is 0 Å². The molecule has 0 saturated carbocycles. The highest BCUT2D eigenvalue weighted by molar-refractivity contribution is 5.27. The maximum atomic E-state index is 12.9. The Bertz CT molecular complexity index is 527. The molecule has 0 aromatic heterocycles. The summed E-state index contributed by atoms with van der Waals surface area (Å²) in [7, 11) is 0. The number of hydrogen-bond acceptors (Lipinski definition) is 2. The van der Waals surface area contributed by atoms with Crippen LogP contribution in [0, 0.1) is 0 Å². The highest BCUT2D eigenvalue weighted by atomic mass is 19.4. The molecular weight excluding hydrogens is 349 g/mol. The summed E-state index contributed by atoms with van der Waals surface area (Å²) in [5, 5.41) is 3.41. The number of piperazine rings is 1. The zero-order valence-electron chi connectivity index (χ0n) is 16.8. The van der Waals surface area contributed by atoms with Gasteiger partial charge in [-0.2, -0.15) is 13.2 Å². The first-order valence-electron chi connectivity index (χ1n) is 10.6. The van der Waals surface area contributed by atoms with E-state index in [1.165, 1.54) is 50.7 Å². The molecule has 5 heteroatoms. The van der Waals surface area contributed by atoms with Crippen LogP contribution in [0.1, 0.15) is 82.4 Å². The van der Waals surface area contributed by atoms with Crippen molar-refractivity contribution in [1.29, 1.82) is 0 Å². The molecule has 1 saturated heterocycles. The molecule has 0 unspecified atom stereocenters. The SMILES string of the molecule is CCCCCCCCC[C@@H](c1ccc(C(F)(F)F)cc1)N1CCNC[C@@H]1C. The van der Waals surface area contributed by atoms with Gasteiger partial charge < -0.3 is 5.32 Å². The third kappa shape index (κ3) is 7.11. The Morgan fingerprint density at radius 2 is 1.67 bits per heavy atom. The van der Waals surface area contributed by atoms with Crippen molar-refractivity contribution in [1.82, 2.24) is 10.2 Å². The summed E-state index contributed by atoms with van der Waals surface area (Å²) < 4.78 is 38.7. The molecule has 154 valence electrons. The van der Waals surface area contributed by atoms with Gasteiger partial charge in [0.25, 0.3) is 0 Å². The Kier molecular flexibility index (Phi) is 9.10. The summed E-state index contributed by atoms with van der Waals surface area (Å²) >= 11 is 0. The van der Waals surface area contributed by atoms with E-state index < -0.39 is 11.7 Å². The summed E-state index contributed by atoms with van der Waals surface area (Å²) in [6, 6.07) is 6.45.